The molecule has 0 unspecified atom stereocenters. The van der Waals surface area contributed by atoms with Gasteiger partial charge in [-0.05, 0) is 36.3 Å². The Balaban J connectivity index is 0.000000207. The molecule has 0 spiro atoms. The van der Waals surface area contributed by atoms with Gasteiger partial charge in [-0.1, -0.05) is 37.1 Å². The number of benzene rings is 2. The van der Waals surface area contributed by atoms with E-state index in [2.05, 4.69) is 26.9 Å². The Morgan fingerprint density at radius 2 is 1.82 bits per heavy atom. The molecule has 6 rings (SSSR count). The number of fused-ring (bicyclic) bond motifs is 2. The van der Waals surface area contributed by atoms with E-state index in [1.165, 1.54) is 4.52 Å². The number of hydrogen-bond donors (Lipinski definition) is 2. The van der Waals surface area contributed by atoms with E-state index < -0.39 is 5.91 Å². The third kappa shape index (κ3) is 5.01. The van der Waals surface area contributed by atoms with Crippen molar-refractivity contribution in [2.45, 2.75) is 13.3 Å². The topological polar surface area (TPSA) is 152 Å². The first-order chi connectivity index (χ1) is 19.4. The van der Waals surface area contributed by atoms with Crippen LogP contribution in [0.25, 0.3) is 22.2 Å². The Morgan fingerprint density at radius 1 is 1.02 bits per heavy atom. The molecule has 2 aromatic carbocycles. The summed E-state index contributed by atoms with van der Waals surface area (Å²) in [6.07, 6.45) is 7.39. The van der Waals surface area contributed by atoms with Gasteiger partial charge in [0, 0.05) is 37.6 Å². The molecule has 4 aromatic heterocycles. The van der Waals surface area contributed by atoms with E-state index in [0.29, 0.717) is 34.2 Å². The molecule has 11 nitrogen and oxygen atoms in total. The van der Waals surface area contributed by atoms with Gasteiger partial charge in [-0.15, -0.1) is 5.10 Å². The number of amides is 1. The second kappa shape index (κ2) is 10.9. The molecule has 11 heteroatoms. The predicted octanol–water partition coefficient (Wildman–Crippen LogP) is 2.49. The lowest BCUT2D eigenvalue weighted by Gasteiger charge is -2.13. The average Bonchev–Trinajstić information content (AvgIpc) is 3.53. The van der Waals surface area contributed by atoms with Crippen molar-refractivity contribution in [1.29, 1.82) is 0 Å². The summed E-state index contributed by atoms with van der Waals surface area (Å²) in [5, 5.41) is 4.40. The number of primary amides is 1. The minimum absolute atomic E-state index is 0.103. The number of rotatable bonds is 3. The molecule has 0 atom stereocenters. The van der Waals surface area contributed by atoms with Crippen molar-refractivity contribution in [3.8, 4) is 17.5 Å². The van der Waals surface area contributed by atoms with Crippen LogP contribution in [0.5, 0.6) is 0 Å². The third-order valence-corrected chi connectivity index (χ3v) is 6.00. The molecule has 0 bridgehead atoms. The second-order valence-electron chi connectivity index (χ2n) is 8.74. The molecule has 0 aliphatic carbocycles. The van der Waals surface area contributed by atoms with Gasteiger partial charge < -0.3 is 16.0 Å². The van der Waals surface area contributed by atoms with Crippen molar-refractivity contribution in [2.24, 2.45) is 12.8 Å². The summed E-state index contributed by atoms with van der Waals surface area (Å²) in [7, 11) is 1.89. The number of hydrogen-bond acceptors (Lipinski definition) is 7. The molecule has 40 heavy (non-hydrogen) atoms. The highest BCUT2D eigenvalue weighted by Crippen LogP contribution is 2.17. The van der Waals surface area contributed by atoms with Gasteiger partial charge in [0.15, 0.2) is 11.5 Å². The summed E-state index contributed by atoms with van der Waals surface area (Å²) in [5.74, 6) is 6.34. The predicted molar refractivity (Wildman–Crippen MR) is 152 cm³/mol. The number of aryl methyl sites for hydroxylation is 2. The van der Waals surface area contributed by atoms with Gasteiger partial charge in [-0.25, -0.2) is 19.5 Å². The van der Waals surface area contributed by atoms with Crippen LogP contribution in [-0.2, 0) is 13.5 Å². The normalized spacial score (nSPS) is 10.6. The molecule has 6 aromatic rings. The number of carbonyl (C=O) groups excluding carboxylic acids is 1. The number of carbonyl (C=O) groups is 1. The number of nitrogens with two attached hydrogens (primary N) is 2. The zero-order valence-corrected chi connectivity index (χ0v) is 21.8. The Bertz CT molecular complexity index is 1980. The average molecular weight is 532 g/mol. The van der Waals surface area contributed by atoms with E-state index in [4.69, 9.17) is 16.5 Å². The Morgan fingerprint density at radius 3 is 2.52 bits per heavy atom. The van der Waals surface area contributed by atoms with Crippen LogP contribution in [0.2, 0.25) is 0 Å². The summed E-state index contributed by atoms with van der Waals surface area (Å²) >= 11 is 0. The lowest BCUT2D eigenvalue weighted by atomic mass is 10.1. The summed E-state index contributed by atoms with van der Waals surface area (Å²) in [5.41, 5.74) is 13.8. The van der Waals surface area contributed by atoms with Crippen LogP contribution in [0.1, 0.15) is 34.4 Å². The molecule has 0 radical (unpaired) electrons. The van der Waals surface area contributed by atoms with Crippen molar-refractivity contribution in [3.05, 3.63) is 113 Å². The minimum atomic E-state index is -0.619. The summed E-state index contributed by atoms with van der Waals surface area (Å²) in [4.78, 5) is 37.2. The number of anilines is 1. The van der Waals surface area contributed by atoms with Crippen molar-refractivity contribution < 1.29 is 4.79 Å². The lowest BCUT2D eigenvalue weighted by Crippen LogP contribution is -2.24. The molecule has 1 amide bonds. The number of nitrogen functional groups attached to an aromatic ring is 1. The number of para-hydroxylation sites is 1. The second-order valence-corrected chi connectivity index (χ2v) is 8.74. The highest BCUT2D eigenvalue weighted by molar-refractivity contribution is 6.03. The molecule has 0 fully saturated rings. The highest BCUT2D eigenvalue weighted by Gasteiger charge is 2.16. The van der Waals surface area contributed by atoms with Crippen LogP contribution in [0.4, 0.5) is 5.82 Å². The molecule has 0 aliphatic heterocycles. The summed E-state index contributed by atoms with van der Waals surface area (Å²) < 4.78 is 4.92. The quantitative estimate of drug-likeness (QED) is 0.333. The first-order valence-corrected chi connectivity index (χ1v) is 12.4. The van der Waals surface area contributed by atoms with Crippen molar-refractivity contribution in [2.75, 3.05) is 5.73 Å². The molecule has 198 valence electrons. The number of imidazole rings is 1. The molecule has 4 N–H and O–H groups in total. The number of nitrogens with zero attached hydrogens (tertiary/aromatic N) is 7. The molecular weight excluding hydrogens is 506 g/mol. The maximum atomic E-state index is 13.4. The van der Waals surface area contributed by atoms with Crippen LogP contribution < -0.4 is 17.0 Å². The van der Waals surface area contributed by atoms with E-state index >= 15 is 0 Å². The van der Waals surface area contributed by atoms with Crippen LogP contribution in [0.15, 0.2) is 84.3 Å². The van der Waals surface area contributed by atoms with Gasteiger partial charge in [0.1, 0.15) is 17.1 Å². The SMILES string of the molecule is CCc1nc2cccc(C#Cc3cn(C)cn3)c2c(=O)n1-c1ccccc1.NC(=O)c1c(N)nn2cccnc12. The number of aromatic nitrogens is 7. The van der Waals surface area contributed by atoms with E-state index in [1.54, 1.807) is 29.4 Å². The van der Waals surface area contributed by atoms with Crippen LogP contribution in [0.3, 0.4) is 0 Å². The van der Waals surface area contributed by atoms with Crippen molar-refractivity contribution in [3.63, 3.8) is 0 Å². The Kier molecular flexibility index (Phi) is 7.07. The monoisotopic (exact) mass is 531 g/mol. The zero-order valence-electron chi connectivity index (χ0n) is 21.8. The Hall–Kier alpha value is -5.76. The smallest absolute Gasteiger partial charge is 0.267 e. The fourth-order valence-corrected chi connectivity index (χ4v) is 4.21. The first-order valence-electron chi connectivity index (χ1n) is 12.4. The van der Waals surface area contributed by atoms with Gasteiger partial charge in [0.25, 0.3) is 11.5 Å². The van der Waals surface area contributed by atoms with Gasteiger partial charge in [-0.3, -0.25) is 14.2 Å². The standard InChI is InChI=1S/C22H18N4O.C7H7N5O/c1-3-20-24-19-11-7-8-16(12-13-17-14-25(2)15-23-17)21(19)22(27)26(20)18-9-5-4-6-10-18;8-5-4(6(9)13)7-10-2-1-3-12(7)11-5/h4-11,14-15H,3H2,1-2H3;1-3H,(H2,8,11)(H2,9,13). The highest BCUT2D eigenvalue weighted by atomic mass is 16.1. The third-order valence-electron chi connectivity index (χ3n) is 6.00. The van der Waals surface area contributed by atoms with Gasteiger partial charge >= 0.3 is 0 Å². The lowest BCUT2D eigenvalue weighted by molar-refractivity contribution is 0.100. The maximum absolute atomic E-state index is 13.4. The van der Waals surface area contributed by atoms with Crippen LogP contribution >= 0.6 is 0 Å². The molecule has 4 heterocycles. The largest absolute Gasteiger partial charge is 0.381 e. The fraction of sp³-hybridized carbons (Fsp3) is 0.103. The van der Waals surface area contributed by atoms with Crippen molar-refractivity contribution >= 4 is 28.3 Å². The maximum Gasteiger partial charge on any atom is 0.267 e. The van der Waals surface area contributed by atoms with Gasteiger partial charge in [-0.2, -0.15) is 0 Å². The van der Waals surface area contributed by atoms with Gasteiger partial charge in [0.05, 0.1) is 22.9 Å². The van der Waals surface area contributed by atoms with E-state index in [9.17, 15) is 9.59 Å². The summed E-state index contributed by atoms with van der Waals surface area (Å²) in [6, 6.07) is 16.9. The zero-order chi connectivity index (χ0) is 28.2. The van der Waals surface area contributed by atoms with Crippen LogP contribution in [-0.4, -0.2) is 39.6 Å². The van der Waals surface area contributed by atoms with Crippen LogP contribution in [0, 0.1) is 11.8 Å². The van der Waals surface area contributed by atoms with E-state index in [-0.39, 0.29) is 16.9 Å². The minimum Gasteiger partial charge on any atom is -0.381 e. The fourth-order valence-electron chi connectivity index (χ4n) is 4.21. The van der Waals surface area contributed by atoms with Crippen molar-refractivity contribution in [1.82, 2.24) is 33.7 Å². The molecule has 0 aliphatic rings. The van der Waals surface area contributed by atoms with E-state index in [1.807, 2.05) is 73.3 Å². The first kappa shape index (κ1) is 25.9. The summed E-state index contributed by atoms with van der Waals surface area (Å²) in [6.45, 7) is 2.00. The van der Waals surface area contributed by atoms with Gasteiger partial charge in [0.2, 0.25) is 0 Å². The van der Waals surface area contributed by atoms with E-state index in [0.717, 1.165) is 11.5 Å². The molecule has 0 saturated carbocycles. The Labute approximate surface area is 228 Å². The molecule has 0 saturated heterocycles. The molecular formula is C29H25N9O2.